The monoisotopic (exact) mass is 534 g/mol. The van der Waals surface area contributed by atoms with Crippen LogP contribution in [0, 0.1) is 6.92 Å². The van der Waals surface area contributed by atoms with Crippen molar-refractivity contribution in [3.8, 4) is 11.3 Å². The Labute approximate surface area is 219 Å². The number of benzene rings is 1. The predicted octanol–water partition coefficient (Wildman–Crippen LogP) is 4.13. The summed E-state index contributed by atoms with van der Waals surface area (Å²) in [5.41, 5.74) is 2.31. The van der Waals surface area contributed by atoms with Crippen LogP contribution in [0.3, 0.4) is 0 Å². The van der Waals surface area contributed by atoms with E-state index in [1.54, 1.807) is 48.8 Å². The van der Waals surface area contributed by atoms with E-state index in [2.05, 4.69) is 4.99 Å². The average Bonchev–Trinajstić information content (AvgIpc) is 3.60. The molecule has 37 heavy (non-hydrogen) atoms. The van der Waals surface area contributed by atoms with Crippen LogP contribution in [0.1, 0.15) is 46.4 Å². The Morgan fingerprint density at radius 3 is 2.70 bits per heavy atom. The highest BCUT2D eigenvalue weighted by atomic mass is 32.1. The van der Waals surface area contributed by atoms with Crippen LogP contribution in [0.5, 0.6) is 0 Å². The van der Waals surface area contributed by atoms with Gasteiger partial charge in [-0.3, -0.25) is 9.36 Å². The highest BCUT2D eigenvalue weighted by Gasteiger charge is 2.33. The molecule has 4 aromatic rings. The number of hydrogen-bond donors (Lipinski definition) is 1. The minimum absolute atomic E-state index is 0.201. The number of allylic oxidation sites excluding steroid dienone is 1. The SMILES string of the molecule is CCOC(=O)C1=C(C)N=c2s/c(=C\c3ccc(-c4ccc(C(=O)O)cc4C)o3)c(=O)n2[C@H]1c1cccs1. The van der Waals surface area contributed by atoms with E-state index in [0.29, 0.717) is 32.1 Å². The molecule has 0 radical (unpaired) electrons. The van der Waals surface area contributed by atoms with Gasteiger partial charge in [0.2, 0.25) is 0 Å². The van der Waals surface area contributed by atoms with Crippen LogP contribution >= 0.6 is 22.7 Å². The van der Waals surface area contributed by atoms with Crippen molar-refractivity contribution in [3.63, 3.8) is 0 Å². The van der Waals surface area contributed by atoms with Crippen LogP contribution in [0.4, 0.5) is 0 Å². The van der Waals surface area contributed by atoms with E-state index < -0.39 is 18.0 Å². The number of furan rings is 1. The molecule has 0 saturated carbocycles. The smallest absolute Gasteiger partial charge is 0.338 e. The highest BCUT2D eigenvalue weighted by Crippen LogP contribution is 2.33. The van der Waals surface area contributed by atoms with Gasteiger partial charge in [-0.2, -0.15) is 0 Å². The van der Waals surface area contributed by atoms with Gasteiger partial charge in [0.15, 0.2) is 4.80 Å². The molecule has 0 spiro atoms. The van der Waals surface area contributed by atoms with Gasteiger partial charge in [0.05, 0.1) is 28.0 Å². The summed E-state index contributed by atoms with van der Waals surface area (Å²) in [5.74, 6) is -0.454. The van der Waals surface area contributed by atoms with Gasteiger partial charge < -0.3 is 14.3 Å². The van der Waals surface area contributed by atoms with Crippen LogP contribution in [0.25, 0.3) is 17.4 Å². The number of ether oxygens (including phenoxy) is 1. The highest BCUT2D eigenvalue weighted by molar-refractivity contribution is 7.10. The molecule has 10 heteroatoms. The first-order valence-electron chi connectivity index (χ1n) is 11.5. The number of aryl methyl sites for hydroxylation is 1. The number of rotatable bonds is 6. The lowest BCUT2D eigenvalue weighted by molar-refractivity contribution is -0.139. The Hall–Kier alpha value is -4.02. The minimum Gasteiger partial charge on any atom is -0.478 e. The Morgan fingerprint density at radius 2 is 2.03 bits per heavy atom. The van der Waals surface area contributed by atoms with Crippen molar-refractivity contribution in [2.45, 2.75) is 26.8 Å². The van der Waals surface area contributed by atoms with Crippen molar-refractivity contribution < 1.29 is 23.8 Å². The summed E-state index contributed by atoms with van der Waals surface area (Å²) in [6.07, 6.45) is 1.66. The van der Waals surface area contributed by atoms with E-state index in [9.17, 15) is 19.5 Å². The maximum absolute atomic E-state index is 13.6. The third kappa shape index (κ3) is 4.49. The maximum atomic E-state index is 13.6. The third-order valence-electron chi connectivity index (χ3n) is 5.97. The van der Waals surface area contributed by atoms with Crippen LogP contribution in [0.2, 0.25) is 0 Å². The summed E-state index contributed by atoms with van der Waals surface area (Å²) in [4.78, 5) is 43.6. The number of nitrogens with zero attached hydrogens (tertiary/aromatic N) is 2. The van der Waals surface area contributed by atoms with E-state index in [1.807, 2.05) is 24.4 Å². The first-order valence-corrected chi connectivity index (χ1v) is 13.1. The van der Waals surface area contributed by atoms with Crippen LogP contribution < -0.4 is 14.9 Å². The molecule has 1 aromatic carbocycles. The van der Waals surface area contributed by atoms with Crippen molar-refractivity contribution in [2.24, 2.45) is 4.99 Å². The second-order valence-electron chi connectivity index (χ2n) is 8.35. The van der Waals surface area contributed by atoms with E-state index in [0.717, 1.165) is 16.0 Å². The lowest BCUT2D eigenvalue weighted by Crippen LogP contribution is -2.39. The topological polar surface area (TPSA) is 111 Å². The summed E-state index contributed by atoms with van der Waals surface area (Å²) in [7, 11) is 0. The van der Waals surface area contributed by atoms with Crippen LogP contribution in [-0.2, 0) is 9.53 Å². The fourth-order valence-electron chi connectivity index (χ4n) is 4.29. The molecule has 188 valence electrons. The van der Waals surface area contributed by atoms with Gasteiger partial charge in [-0.25, -0.2) is 14.6 Å². The summed E-state index contributed by atoms with van der Waals surface area (Å²) in [6.45, 7) is 5.52. The molecular formula is C27H22N2O6S2. The Balaban J connectivity index is 1.59. The Bertz CT molecular complexity index is 1740. The van der Waals surface area contributed by atoms with Gasteiger partial charge in [0, 0.05) is 16.5 Å². The number of esters is 1. The van der Waals surface area contributed by atoms with Crippen molar-refractivity contribution >= 4 is 40.7 Å². The molecule has 1 N–H and O–H groups in total. The molecule has 8 nitrogen and oxygen atoms in total. The summed E-state index contributed by atoms with van der Waals surface area (Å²) < 4.78 is 13.2. The molecule has 5 rings (SSSR count). The molecule has 0 fully saturated rings. The zero-order valence-corrected chi connectivity index (χ0v) is 21.8. The molecule has 1 atom stereocenters. The fourth-order valence-corrected chi connectivity index (χ4v) is 6.14. The van der Waals surface area contributed by atoms with Gasteiger partial charge >= 0.3 is 11.9 Å². The first kappa shape index (κ1) is 24.7. The molecule has 1 aliphatic heterocycles. The molecule has 0 unspecified atom stereocenters. The van der Waals surface area contributed by atoms with E-state index in [-0.39, 0.29) is 17.7 Å². The second-order valence-corrected chi connectivity index (χ2v) is 10.3. The Kier molecular flexibility index (Phi) is 6.53. The van der Waals surface area contributed by atoms with Gasteiger partial charge in [0.1, 0.15) is 17.6 Å². The number of thiophene rings is 1. The van der Waals surface area contributed by atoms with Crippen molar-refractivity contribution in [3.05, 3.63) is 101 Å². The first-order chi connectivity index (χ1) is 17.8. The molecule has 4 heterocycles. The number of hydrogen-bond acceptors (Lipinski definition) is 8. The van der Waals surface area contributed by atoms with Crippen LogP contribution in [0.15, 0.2) is 73.3 Å². The molecule has 1 aliphatic rings. The van der Waals surface area contributed by atoms with E-state index in [1.165, 1.54) is 28.7 Å². The number of aromatic carboxylic acids is 1. The predicted molar refractivity (Wildman–Crippen MR) is 141 cm³/mol. The zero-order valence-electron chi connectivity index (χ0n) is 20.2. The van der Waals surface area contributed by atoms with Gasteiger partial charge in [-0.15, -0.1) is 11.3 Å². The minimum atomic E-state index is -0.993. The second kappa shape index (κ2) is 9.79. The molecular weight excluding hydrogens is 512 g/mol. The van der Waals surface area contributed by atoms with Gasteiger partial charge in [-0.05, 0) is 62.0 Å². The number of carbonyl (C=O) groups is 2. The van der Waals surface area contributed by atoms with E-state index >= 15 is 0 Å². The van der Waals surface area contributed by atoms with Crippen molar-refractivity contribution in [1.29, 1.82) is 0 Å². The zero-order chi connectivity index (χ0) is 26.3. The fraction of sp³-hybridized carbons (Fsp3) is 0.185. The standard InChI is InChI=1S/C27H22N2O6S2/c1-4-34-26(33)22-15(3)28-27-29(23(22)20-6-5-11-36-20)24(30)21(37-27)13-17-8-10-19(35-17)18-9-7-16(25(31)32)12-14(18)2/h5-13,23H,4H2,1-3H3,(H,31,32)/b21-13-/t23-/m0/s1. The lowest BCUT2D eigenvalue weighted by atomic mass is 10.0. The molecule has 0 bridgehead atoms. The largest absolute Gasteiger partial charge is 0.478 e. The summed E-state index contributed by atoms with van der Waals surface area (Å²) >= 11 is 2.68. The third-order valence-corrected chi connectivity index (χ3v) is 7.88. The van der Waals surface area contributed by atoms with Crippen LogP contribution in [-0.4, -0.2) is 28.2 Å². The van der Waals surface area contributed by atoms with Gasteiger partial charge in [0.25, 0.3) is 5.56 Å². The number of carbonyl (C=O) groups excluding carboxylic acids is 1. The number of aromatic nitrogens is 1. The number of carboxylic acids is 1. The lowest BCUT2D eigenvalue weighted by Gasteiger charge is -2.23. The number of carboxylic acid groups (broad SMARTS) is 1. The molecule has 0 aliphatic carbocycles. The molecule has 0 saturated heterocycles. The molecule has 0 amide bonds. The number of thiazole rings is 1. The quantitative estimate of drug-likeness (QED) is 0.373. The van der Waals surface area contributed by atoms with Gasteiger partial charge in [-0.1, -0.05) is 23.5 Å². The average molecular weight is 535 g/mol. The summed E-state index contributed by atoms with van der Waals surface area (Å²) in [6, 6.07) is 11.5. The molecule has 3 aromatic heterocycles. The summed E-state index contributed by atoms with van der Waals surface area (Å²) in [5, 5.41) is 11.1. The van der Waals surface area contributed by atoms with Crippen molar-refractivity contribution in [1.82, 2.24) is 4.57 Å². The Morgan fingerprint density at radius 1 is 1.22 bits per heavy atom. The van der Waals surface area contributed by atoms with Crippen molar-refractivity contribution in [2.75, 3.05) is 6.61 Å². The normalized spacial score (nSPS) is 15.4. The number of fused-ring (bicyclic) bond motifs is 1. The van der Waals surface area contributed by atoms with E-state index in [4.69, 9.17) is 9.15 Å². The maximum Gasteiger partial charge on any atom is 0.338 e.